The highest BCUT2D eigenvalue weighted by molar-refractivity contribution is 6.01. The molecule has 1 aliphatic heterocycles. The Hall–Kier alpha value is -3.78. The Kier molecular flexibility index (Phi) is 5.63. The second-order valence-corrected chi connectivity index (χ2v) is 8.98. The minimum Gasteiger partial charge on any atom is -0.490 e. The lowest BCUT2D eigenvalue weighted by atomic mass is 9.68. The van der Waals surface area contributed by atoms with Gasteiger partial charge in [-0.3, -0.25) is 9.69 Å². The van der Waals surface area contributed by atoms with Crippen LogP contribution in [-0.4, -0.2) is 12.4 Å². The molecule has 0 saturated carbocycles. The SMILES string of the molecule is C=CCOc1ccc([C@@H]2C(C#N)=C(N)N(c3ccccc3)C3=C2C(=O)CC(C)(C)C3)cc1. The lowest BCUT2D eigenvalue weighted by Crippen LogP contribution is -2.42. The van der Waals surface area contributed by atoms with Gasteiger partial charge in [0.05, 0.1) is 17.6 Å². The van der Waals surface area contributed by atoms with E-state index in [4.69, 9.17) is 10.5 Å². The van der Waals surface area contributed by atoms with Gasteiger partial charge in [0.2, 0.25) is 0 Å². The molecule has 2 aromatic carbocycles. The highest BCUT2D eigenvalue weighted by atomic mass is 16.5. The monoisotopic (exact) mass is 425 g/mol. The second kappa shape index (κ2) is 8.39. The largest absolute Gasteiger partial charge is 0.490 e. The van der Waals surface area contributed by atoms with E-state index in [0.717, 1.165) is 16.9 Å². The summed E-state index contributed by atoms with van der Waals surface area (Å²) in [6, 6.07) is 19.5. The molecule has 1 heterocycles. The summed E-state index contributed by atoms with van der Waals surface area (Å²) in [5.74, 6) is 0.650. The maximum absolute atomic E-state index is 13.5. The molecule has 0 aromatic heterocycles. The number of ketones is 1. The molecule has 0 unspecified atom stereocenters. The van der Waals surface area contributed by atoms with Gasteiger partial charge in [-0.2, -0.15) is 5.26 Å². The molecule has 0 fully saturated rings. The normalized spacial score (nSPS) is 20.0. The van der Waals surface area contributed by atoms with E-state index in [-0.39, 0.29) is 11.2 Å². The number of nitrogens with zero attached hydrogens (tertiary/aromatic N) is 2. The standard InChI is InChI=1S/C27H27N3O2/c1-4-14-32-20-12-10-18(11-13-20)24-21(17-28)26(29)30(19-8-6-5-7-9-19)22-15-27(2,3)16-23(31)25(22)24/h4-13,24H,1,14-16,29H2,2-3H3/t24-/m1/s1. The van der Waals surface area contributed by atoms with E-state index in [0.29, 0.717) is 42.2 Å². The average molecular weight is 426 g/mol. The molecular formula is C27H27N3O2. The van der Waals surface area contributed by atoms with E-state index in [1.807, 2.05) is 59.5 Å². The number of hydrogen-bond donors (Lipinski definition) is 1. The number of Topliss-reactive ketones (excluding diaryl/α,β-unsaturated/α-hetero) is 1. The summed E-state index contributed by atoms with van der Waals surface area (Å²) >= 11 is 0. The van der Waals surface area contributed by atoms with Gasteiger partial charge in [0.25, 0.3) is 0 Å². The molecule has 0 radical (unpaired) electrons. The van der Waals surface area contributed by atoms with Crippen molar-refractivity contribution in [3.05, 3.63) is 95.5 Å². The van der Waals surface area contributed by atoms with E-state index >= 15 is 0 Å². The van der Waals surface area contributed by atoms with Gasteiger partial charge in [-0.05, 0) is 41.7 Å². The Morgan fingerprint density at radius 3 is 2.50 bits per heavy atom. The number of para-hydroxylation sites is 1. The molecule has 2 N–H and O–H groups in total. The molecule has 0 bridgehead atoms. The zero-order valence-corrected chi connectivity index (χ0v) is 18.5. The Morgan fingerprint density at radius 1 is 1.19 bits per heavy atom. The molecule has 2 aromatic rings. The molecule has 1 atom stereocenters. The summed E-state index contributed by atoms with van der Waals surface area (Å²) in [5.41, 5.74) is 10.1. The molecule has 5 heteroatoms. The first kappa shape index (κ1) is 21.5. The summed E-state index contributed by atoms with van der Waals surface area (Å²) in [4.78, 5) is 15.4. The van der Waals surface area contributed by atoms with E-state index in [1.165, 1.54) is 0 Å². The molecule has 2 aliphatic rings. The second-order valence-electron chi connectivity index (χ2n) is 8.98. The maximum atomic E-state index is 13.5. The van der Waals surface area contributed by atoms with E-state index < -0.39 is 5.92 Å². The minimum atomic E-state index is -0.494. The number of carbonyl (C=O) groups excluding carboxylic acids is 1. The number of allylic oxidation sites excluding steroid dienone is 3. The third-order valence-electron chi connectivity index (χ3n) is 5.98. The molecule has 0 spiro atoms. The number of benzene rings is 2. The van der Waals surface area contributed by atoms with Crippen molar-refractivity contribution in [3.63, 3.8) is 0 Å². The van der Waals surface area contributed by atoms with E-state index in [1.54, 1.807) is 6.08 Å². The van der Waals surface area contributed by atoms with Gasteiger partial charge in [-0.15, -0.1) is 0 Å². The van der Waals surface area contributed by atoms with Crippen molar-refractivity contribution in [2.45, 2.75) is 32.6 Å². The van der Waals surface area contributed by atoms with E-state index in [9.17, 15) is 10.1 Å². The van der Waals surface area contributed by atoms with Crippen LogP contribution in [0.3, 0.4) is 0 Å². The first-order valence-electron chi connectivity index (χ1n) is 10.7. The number of nitrogens with two attached hydrogens (primary N) is 1. The molecule has 5 nitrogen and oxygen atoms in total. The van der Waals surface area contributed by atoms with Crippen LogP contribution in [0.4, 0.5) is 5.69 Å². The molecular weight excluding hydrogens is 398 g/mol. The maximum Gasteiger partial charge on any atom is 0.162 e. The van der Waals surface area contributed by atoms with Gasteiger partial charge in [0.15, 0.2) is 5.78 Å². The van der Waals surface area contributed by atoms with Crippen molar-refractivity contribution in [1.29, 1.82) is 5.26 Å². The van der Waals surface area contributed by atoms with Gasteiger partial charge >= 0.3 is 0 Å². The summed E-state index contributed by atoms with van der Waals surface area (Å²) < 4.78 is 5.59. The zero-order chi connectivity index (χ0) is 22.9. The molecule has 1 aliphatic carbocycles. The minimum absolute atomic E-state index is 0.0643. The van der Waals surface area contributed by atoms with Crippen LogP contribution in [-0.2, 0) is 4.79 Å². The van der Waals surface area contributed by atoms with Gasteiger partial charge in [-0.1, -0.05) is 56.8 Å². The van der Waals surface area contributed by atoms with Crippen LogP contribution < -0.4 is 15.4 Å². The predicted molar refractivity (Wildman–Crippen MR) is 126 cm³/mol. The number of ether oxygens (including phenoxy) is 1. The van der Waals surface area contributed by atoms with Crippen LogP contribution in [0.25, 0.3) is 0 Å². The van der Waals surface area contributed by atoms with Gasteiger partial charge in [0.1, 0.15) is 18.2 Å². The average Bonchev–Trinajstić information content (AvgIpc) is 2.77. The third kappa shape index (κ3) is 3.80. The molecule has 32 heavy (non-hydrogen) atoms. The van der Waals surface area contributed by atoms with Crippen molar-refractivity contribution < 1.29 is 9.53 Å². The van der Waals surface area contributed by atoms with Crippen LogP contribution in [0.15, 0.2) is 89.9 Å². The molecule has 0 saturated heterocycles. The lowest BCUT2D eigenvalue weighted by Gasteiger charge is -2.43. The predicted octanol–water partition coefficient (Wildman–Crippen LogP) is 5.19. The Balaban J connectivity index is 1.89. The van der Waals surface area contributed by atoms with E-state index in [2.05, 4.69) is 26.5 Å². The van der Waals surface area contributed by atoms with Crippen LogP contribution in [0.2, 0.25) is 0 Å². The molecule has 162 valence electrons. The number of anilines is 1. The summed E-state index contributed by atoms with van der Waals surface area (Å²) in [6.45, 7) is 8.27. The molecule has 4 rings (SSSR count). The van der Waals surface area contributed by atoms with Crippen LogP contribution in [0, 0.1) is 16.7 Å². The lowest BCUT2D eigenvalue weighted by molar-refractivity contribution is -0.118. The number of carbonyl (C=O) groups is 1. The van der Waals surface area contributed by atoms with Gasteiger partial charge in [0, 0.05) is 23.4 Å². The number of nitriles is 1. The fourth-order valence-corrected chi connectivity index (χ4v) is 4.63. The van der Waals surface area contributed by atoms with Crippen LogP contribution in [0.5, 0.6) is 5.75 Å². The summed E-state index contributed by atoms with van der Waals surface area (Å²) in [7, 11) is 0. The quantitative estimate of drug-likeness (QED) is 0.667. The van der Waals surface area contributed by atoms with Crippen molar-refractivity contribution in [2.75, 3.05) is 11.5 Å². The van der Waals surface area contributed by atoms with Crippen LogP contribution >= 0.6 is 0 Å². The van der Waals surface area contributed by atoms with Crippen molar-refractivity contribution in [1.82, 2.24) is 0 Å². The highest BCUT2D eigenvalue weighted by Gasteiger charge is 2.44. The highest BCUT2D eigenvalue weighted by Crippen LogP contribution is 2.50. The Labute approximate surface area is 189 Å². The summed E-state index contributed by atoms with van der Waals surface area (Å²) in [5, 5.41) is 10.1. The first-order valence-corrected chi connectivity index (χ1v) is 10.7. The number of hydrogen-bond acceptors (Lipinski definition) is 5. The van der Waals surface area contributed by atoms with Crippen molar-refractivity contribution >= 4 is 11.5 Å². The number of rotatable bonds is 5. The zero-order valence-electron chi connectivity index (χ0n) is 18.5. The van der Waals surface area contributed by atoms with Gasteiger partial charge in [-0.25, -0.2) is 0 Å². The van der Waals surface area contributed by atoms with Crippen molar-refractivity contribution in [3.8, 4) is 11.8 Å². The first-order chi connectivity index (χ1) is 15.4. The Bertz CT molecular complexity index is 1150. The smallest absolute Gasteiger partial charge is 0.162 e. The fraction of sp³-hybridized carbons (Fsp3) is 0.259. The van der Waals surface area contributed by atoms with Crippen molar-refractivity contribution in [2.24, 2.45) is 11.1 Å². The van der Waals surface area contributed by atoms with Crippen LogP contribution in [0.1, 0.15) is 38.2 Å². The third-order valence-corrected chi connectivity index (χ3v) is 5.98. The summed E-state index contributed by atoms with van der Waals surface area (Å²) in [6.07, 6.45) is 2.81. The molecule has 0 amide bonds. The Morgan fingerprint density at radius 2 is 1.88 bits per heavy atom. The van der Waals surface area contributed by atoms with Gasteiger partial charge < -0.3 is 10.5 Å². The topological polar surface area (TPSA) is 79.3 Å². The fourth-order valence-electron chi connectivity index (χ4n) is 4.63.